The summed E-state index contributed by atoms with van der Waals surface area (Å²) < 4.78 is 6.83. The van der Waals surface area contributed by atoms with Gasteiger partial charge in [-0.2, -0.15) is 0 Å². The van der Waals surface area contributed by atoms with Crippen molar-refractivity contribution >= 4 is 45.9 Å². The van der Waals surface area contributed by atoms with Crippen LogP contribution in [0, 0.1) is 5.41 Å². The number of halogens is 2. The molecule has 2 saturated heterocycles. The van der Waals surface area contributed by atoms with Gasteiger partial charge in [0, 0.05) is 48.6 Å². The van der Waals surface area contributed by atoms with Gasteiger partial charge in [0.25, 0.3) is 0 Å². The summed E-state index contributed by atoms with van der Waals surface area (Å²) in [5, 5.41) is 3.70. The average molecular weight is 534 g/mol. The molecule has 0 amide bonds. The molecule has 1 N–H and O–H groups in total. The molecule has 6 heteroatoms. The van der Waals surface area contributed by atoms with Gasteiger partial charge in [0.15, 0.2) is 5.96 Å². The lowest BCUT2D eigenvalue weighted by atomic mass is 9.64. The van der Waals surface area contributed by atoms with Crippen molar-refractivity contribution in [2.75, 3.05) is 39.9 Å². The molecule has 4 rings (SSSR count). The molecule has 3 fully saturated rings. The predicted octanol–water partition coefficient (Wildman–Crippen LogP) is 4.18. The molecule has 0 radical (unpaired) electrons. The van der Waals surface area contributed by atoms with Gasteiger partial charge in [0.1, 0.15) is 0 Å². The van der Waals surface area contributed by atoms with Gasteiger partial charge in [-0.25, -0.2) is 0 Å². The number of benzene rings is 1. The normalized spacial score (nSPS) is 27.3. The fourth-order valence-electron chi connectivity index (χ4n) is 4.66. The monoisotopic (exact) mass is 533 g/mol. The van der Waals surface area contributed by atoms with Crippen LogP contribution in [0.3, 0.4) is 0 Å². The van der Waals surface area contributed by atoms with Crippen molar-refractivity contribution in [1.82, 2.24) is 10.2 Å². The van der Waals surface area contributed by atoms with E-state index in [0.29, 0.717) is 5.41 Å². The first-order valence-electron chi connectivity index (χ1n) is 9.44. The van der Waals surface area contributed by atoms with Crippen molar-refractivity contribution < 1.29 is 4.74 Å². The van der Waals surface area contributed by atoms with E-state index >= 15 is 0 Å². The molecular weight excluding hydrogens is 505 g/mol. The third-order valence-corrected chi connectivity index (χ3v) is 6.96. The summed E-state index contributed by atoms with van der Waals surface area (Å²) in [4.78, 5) is 7.01. The Hall–Kier alpha value is -0.340. The van der Waals surface area contributed by atoms with E-state index in [4.69, 9.17) is 4.74 Å². The largest absolute Gasteiger partial charge is 0.381 e. The highest BCUT2D eigenvalue weighted by Crippen LogP contribution is 2.44. The highest BCUT2D eigenvalue weighted by molar-refractivity contribution is 14.0. The van der Waals surface area contributed by atoms with Gasteiger partial charge < -0.3 is 15.0 Å². The molecule has 26 heavy (non-hydrogen) atoms. The smallest absolute Gasteiger partial charge is 0.193 e. The summed E-state index contributed by atoms with van der Waals surface area (Å²) >= 11 is 3.63. The van der Waals surface area contributed by atoms with Crippen LogP contribution in [-0.2, 0) is 10.2 Å². The number of aliphatic imine (C=N–C) groups is 1. The quantitative estimate of drug-likeness (QED) is 0.360. The van der Waals surface area contributed by atoms with Crippen molar-refractivity contribution in [3.63, 3.8) is 0 Å². The lowest BCUT2D eigenvalue weighted by Crippen LogP contribution is -2.50. The minimum Gasteiger partial charge on any atom is -0.381 e. The lowest BCUT2D eigenvalue weighted by Gasteiger charge is -2.43. The summed E-state index contributed by atoms with van der Waals surface area (Å²) in [5.74, 6) is 1.06. The van der Waals surface area contributed by atoms with Gasteiger partial charge in [0.05, 0.1) is 6.61 Å². The van der Waals surface area contributed by atoms with E-state index < -0.39 is 0 Å². The number of nitrogens with zero attached hydrogens (tertiary/aromatic N) is 2. The second kappa shape index (κ2) is 8.35. The Morgan fingerprint density at radius 2 is 2.15 bits per heavy atom. The van der Waals surface area contributed by atoms with E-state index in [1.54, 1.807) is 0 Å². The number of ether oxygens (including phenoxy) is 1. The topological polar surface area (TPSA) is 36.9 Å². The first-order valence-corrected chi connectivity index (χ1v) is 10.2. The van der Waals surface area contributed by atoms with E-state index in [0.717, 1.165) is 38.8 Å². The predicted molar refractivity (Wildman–Crippen MR) is 121 cm³/mol. The van der Waals surface area contributed by atoms with E-state index in [-0.39, 0.29) is 29.4 Å². The summed E-state index contributed by atoms with van der Waals surface area (Å²) in [5.41, 5.74) is 2.07. The van der Waals surface area contributed by atoms with Crippen LogP contribution in [0.5, 0.6) is 0 Å². The first-order chi connectivity index (χ1) is 12.1. The van der Waals surface area contributed by atoms with Crippen molar-refractivity contribution in [2.45, 2.75) is 37.5 Å². The molecule has 2 heterocycles. The minimum atomic E-state index is 0. The minimum absolute atomic E-state index is 0. The highest BCUT2D eigenvalue weighted by atomic mass is 127. The number of guanidine groups is 1. The maximum atomic E-state index is 5.66. The van der Waals surface area contributed by atoms with Gasteiger partial charge in [-0.3, -0.25) is 4.99 Å². The number of hydrogen-bond acceptors (Lipinski definition) is 2. The zero-order valence-electron chi connectivity index (χ0n) is 15.5. The maximum absolute atomic E-state index is 5.66. The van der Waals surface area contributed by atoms with Gasteiger partial charge in [-0.1, -0.05) is 34.5 Å². The molecule has 2 aliphatic heterocycles. The van der Waals surface area contributed by atoms with Crippen LogP contribution < -0.4 is 5.32 Å². The Labute approximate surface area is 182 Å². The van der Waals surface area contributed by atoms with Crippen LogP contribution in [0.4, 0.5) is 0 Å². The van der Waals surface area contributed by atoms with Crippen molar-refractivity contribution in [3.8, 4) is 0 Å². The Balaban J connectivity index is 0.00000196. The molecular formula is C20H29BrIN3O. The maximum Gasteiger partial charge on any atom is 0.193 e. The Kier molecular flexibility index (Phi) is 6.55. The van der Waals surface area contributed by atoms with Crippen LogP contribution in [0.1, 0.15) is 37.7 Å². The lowest BCUT2D eigenvalue weighted by molar-refractivity contribution is 0.156. The van der Waals surface area contributed by atoms with Crippen LogP contribution in [0.2, 0.25) is 0 Å². The zero-order chi connectivity index (χ0) is 17.3. The van der Waals surface area contributed by atoms with Crippen LogP contribution in [0.25, 0.3) is 0 Å². The molecule has 0 bridgehead atoms. The number of likely N-dealkylation sites (tertiary alicyclic amines) is 1. The second-order valence-corrected chi connectivity index (χ2v) is 8.93. The molecule has 1 atom stereocenters. The number of nitrogens with one attached hydrogen (secondary N) is 1. The SMILES string of the molecule is CN=C(NCC1(c2cccc(Br)c2)CCC1)N1CCC2(CCOC2)C1.I. The molecule has 1 saturated carbocycles. The molecule has 1 aromatic rings. The van der Waals surface area contributed by atoms with Crippen molar-refractivity contribution in [3.05, 3.63) is 34.3 Å². The Morgan fingerprint density at radius 3 is 2.77 bits per heavy atom. The molecule has 0 aromatic heterocycles. The first kappa shape index (κ1) is 20.4. The molecule has 4 nitrogen and oxygen atoms in total. The van der Waals surface area contributed by atoms with Gasteiger partial charge in [0.2, 0.25) is 0 Å². The number of hydrogen-bond donors (Lipinski definition) is 1. The fraction of sp³-hybridized carbons (Fsp3) is 0.650. The average Bonchev–Trinajstić information content (AvgIpc) is 3.21. The summed E-state index contributed by atoms with van der Waals surface area (Å²) in [7, 11) is 1.91. The summed E-state index contributed by atoms with van der Waals surface area (Å²) in [6, 6.07) is 8.81. The van der Waals surface area contributed by atoms with Gasteiger partial charge >= 0.3 is 0 Å². The van der Waals surface area contributed by atoms with E-state index in [2.05, 4.69) is 55.4 Å². The molecule has 1 unspecified atom stereocenters. The Morgan fingerprint density at radius 1 is 1.31 bits per heavy atom. The summed E-state index contributed by atoms with van der Waals surface area (Å²) in [6.45, 7) is 4.98. The van der Waals surface area contributed by atoms with Gasteiger partial charge in [-0.05, 0) is 43.4 Å². The second-order valence-electron chi connectivity index (χ2n) is 8.02. The highest BCUT2D eigenvalue weighted by Gasteiger charge is 2.43. The summed E-state index contributed by atoms with van der Waals surface area (Å²) in [6.07, 6.45) is 6.25. The molecule has 1 aromatic carbocycles. The zero-order valence-corrected chi connectivity index (χ0v) is 19.4. The molecule has 144 valence electrons. The molecule has 1 aliphatic carbocycles. The van der Waals surface area contributed by atoms with E-state index in [9.17, 15) is 0 Å². The third kappa shape index (κ3) is 3.92. The number of rotatable bonds is 3. The van der Waals surface area contributed by atoms with Crippen LogP contribution in [0.15, 0.2) is 33.7 Å². The molecule has 1 spiro atoms. The van der Waals surface area contributed by atoms with Gasteiger partial charge in [-0.15, -0.1) is 24.0 Å². The van der Waals surface area contributed by atoms with E-state index in [1.807, 2.05) is 7.05 Å². The Bertz CT molecular complexity index is 656. The van der Waals surface area contributed by atoms with Crippen molar-refractivity contribution in [1.29, 1.82) is 0 Å². The van der Waals surface area contributed by atoms with Crippen LogP contribution in [-0.4, -0.2) is 50.8 Å². The van der Waals surface area contributed by atoms with Crippen molar-refractivity contribution in [2.24, 2.45) is 10.4 Å². The standard InChI is InChI=1S/C20H28BrN3O.HI/c1-22-18(24-10-8-19(14-24)9-11-25-15-19)23-13-20(6-3-7-20)16-4-2-5-17(21)12-16;/h2,4-5,12H,3,6-11,13-15H2,1H3,(H,22,23);1H. The van der Waals surface area contributed by atoms with E-state index in [1.165, 1.54) is 42.1 Å². The fourth-order valence-corrected chi connectivity index (χ4v) is 5.06. The molecule has 3 aliphatic rings. The van der Waals surface area contributed by atoms with Crippen LogP contribution >= 0.6 is 39.9 Å². The third-order valence-electron chi connectivity index (χ3n) is 6.47.